The van der Waals surface area contributed by atoms with E-state index in [1.54, 1.807) is 13.0 Å². The summed E-state index contributed by atoms with van der Waals surface area (Å²) in [6.45, 7) is 3.79. The Kier molecular flexibility index (Phi) is 2.84. The third kappa shape index (κ3) is 2.46. The highest BCUT2D eigenvalue weighted by molar-refractivity contribution is 7.72. The van der Waals surface area contributed by atoms with Crippen molar-refractivity contribution in [1.82, 2.24) is 0 Å². The first-order valence-electron chi connectivity index (χ1n) is 6.73. The van der Waals surface area contributed by atoms with E-state index in [0.717, 1.165) is 16.7 Å². The van der Waals surface area contributed by atoms with Crippen LogP contribution in [-0.4, -0.2) is 9.54 Å². The predicted octanol–water partition coefficient (Wildman–Crippen LogP) is 3.25. The molecule has 0 N–H and O–H groups in total. The van der Waals surface area contributed by atoms with Gasteiger partial charge in [-0.3, -0.25) is 0 Å². The quantitative estimate of drug-likeness (QED) is 0.845. The molecular formula is C15H16O2S. The fraction of sp³-hybridized carbons (Fsp3) is 0.200. The number of aryl methyl sites for hydroxylation is 3. The largest absolute Gasteiger partial charge is 0.227 e. The summed E-state index contributed by atoms with van der Waals surface area (Å²) < 4.78 is 38.3. The van der Waals surface area contributed by atoms with Gasteiger partial charge in [0.25, 0.3) is 0 Å². The van der Waals surface area contributed by atoms with Crippen LogP contribution in [-0.2, 0) is 10.6 Å². The maximum Gasteiger partial charge on any atom is 0.179 e. The van der Waals surface area contributed by atoms with E-state index in [4.69, 9.17) is 2.49 Å². The average Bonchev–Trinajstić information content (AvgIpc) is 2.38. The molecule has 2 aromatic carbocycles. The Morgan fingerprint density at radius 1 is 1.00 bits per heavy atom. The van der Waals surface area contributed by atoms with Crippen LogP contribution in [0.3, 0.4) is 0 Å². The molecule has 94 valence electrons. The Morgan fingerprint density at radius 3 is 2.22 bits per heavy atom. The SMILES string of the molecule is [3H]Cc1cc(C)ccc1-c1ccc(C)cc1S([3H])(=O)=O. The predicted molar refractivity (Wildman–Crippen MR) is 74.7 cm³/mol. The summed E-state index contributed by atoms with van der Waals surface area (Å²) in [7, 11) is -4.05. The van der Waals surface area contributed by atoms with Crippen molar-refractivity contribution in [3.05, 3.63) is 53.1 Å². The zero-order chi connectivity index (χ0) is 14.9. The second-order valence-electron chi connectivity index (χ2n) is 4.39. The van der Waals surface area contributed by atoms with E-state index in [-0.39, 0.29) is 11.8 Å². The molecule has 0 aliphatic heterocycles. The molecule has 0 radical (unpaired) electrons. The Hall–Kier alpha value is -1.61. The molecule has 0 fully saturated rings. The molecule has 18 heavy (non-hydrogen) atoms. The summed E-state index contributed by atoms with van der Waals surface area (Å²) in [4.78, 5) is -0.00365. The van der Waals surface area contributed by atoms with Gasteiger partial charge in [0.15, 0.2) is 11.7 Å². The number of hydrogen-bond donors (Lipinski definition) is 1. The van der Waals surface area contributed by atoms with Gasteiger partial charge in [-0.05, 0) is 43.5 Å². The molecule has 2 aromatic rings. The van der Waals surface area contributed by atoms with E-state index >= 15 is 0 Å². The van der Waals surface area contributed by atoms with E-state index in [1.807, 2.05) is 31.2 Å². The van der Waals surface area contributed by atoms with Gasteiger partial charge in [-0.2, -0.15) is 0 Å². The van der Waals surface area contributed by atoms with E-state index < -0.39 is 10.6 Å². The van der Waals surface area contributed by atoms with E-state index in [2.05, 4.69) is 0 Å². The van der Waals surface area contributed by atoms with Gasteiger partial charge in [-0.25, -0.2) is 8.42 Å². The molecule has 0 spiro atoms. The van der Waals surface area contributed by atoms with Crippen molar-refractivity contribution in [2.75, 3.05) is 0 Å². The van der Waals surface area contributed by atoms with Crippen molar-refractivity contribution in [2.45, 2.75) is 25.6 Å². The first-order chi connectivity index (χ1) is 9.32. The Labute approximate surface area is 112 Å². The molecule has 0 saturated heterocycles. The summed E-state index contributed by atoms with van der Waals surface area (Å²) in [6.07, 6.45) is 0. The fourth-order valence-corrected chi connectivity index (χ4v) is 2.61. The fourth-order valence-electron chi connectivity index (χ4n) is 1.98. The molecule has 0 unspecified atom stereocenters. The second kappa shape index (κ2) is 4.94. The van der Waals surface area contributed by atoms with Crippen molar-refractivity contribution < 1.29 is 9.79 Å². The lowest BCUT2D eigenvalue weighted by Gasteiger charge is -2.10. The van der Waals surface area contributed by atoms with Crippen LogP contribution < -0.4 is 0 Å². The molecule has 2 rings (SSSR count). The summed E-state index contributed by atoms with van der Waals surface area (Å²) in [5.41, 5.74) is 3.78. The van der Waals surface area contributed by atoms with Crippen molar-refractivity contribution in [1.29, 1.82) is 1.12 Å². The molecule has 2 nitrogen and oxygen atoms in total. The molecule has 0 aliphatic carbocycles. The molecule has 0 bridgehead atoms. The van der Waals surface area contributed by atoms with Crippen LogP contribution in [0.2, 0.25) is 0 Å². The van der Waals surface area contributed by atoms with Gasteiger partial charge in [0.1, 0.15) is 0 Å². The highest BCUT2D eigenvalue weighted by Crippen LogP contribution is 2.29. The standard InChI is InChI=1S/C15H16O2S/c1-10-4-6-13(12(3)8-10)14-7-5-11(2)9-15(14)18(16)17/h4-9,18H,1-3H3/i3T,18T. The zero-order valence-electron chi connectivity index (χ0n) is 12.4. The van der Waals surface area contributed by atoms with Gasteiger partial charge in [0.05, 0.1) is 4.90 Å². The lowest BCUT2D eigenvalue weighted by Crippen LogP contribution is -1.91. The average molecular weight is 264 g/mol. The van der Waals surface area contributed by atoms with E-state index in [1.165, 1.54) is 6.07 Å². The summed E-state index contributed by atoms with van der Waals surface area (Å²) in [5, 5.41) is 0. The first-order valence-corrected chi connectivity index (χ1v) is 6.69. The van der Waals surface area contributed by atoms with E-state index in [0.29, 0.717) is 11.1 Å². The highest BCUT2D eigenvalue weighted by Gasteiger charge is 2.09. The van der Waals surface area contributed by atoms with Gasteiger partial charge in [-0.15, -0.1) is 0 Å². The van der Waals surface area contributed by atoms with Crippen LogP contribution in [0.4, 0.5) is 0 Å². The maximum absolute atomic E-state index is 11.7. The van der Waals surface area contributed by atoms with Crippen molar-refractivity contribution >= 4 is 10.6 Å². The van der Waals surface area contributed by atoms with Crippen LogP contribution >= 0.6 is 0 Å². The number of thiol groups is 1. The van der Waals surface area contributed by atoms with Gasteiger partial charge < -0.3 is 0 Å². The monoisotopic (exact) mass is 264 g/mol. The topological polar surface area (TPSA) is 34.1 Å². The van der Waals surface area contributed by atoms with E-state index in [9.17, 15) is 8.42 Å². The van der Waals surface area contributed by atoms with Crippen LogP contribution in [0.5, 0.6) is 0 Å². The number of rotatable bonds is 2. The number of hydrogen-bond acceptors (Lipinski definition) is 2. The van der Waals surface area contributed by atoms with Crippen LogP contribution in [0.15, 0.2) is 41.3 Å². The normalized spacial score (nSPS) is 13.0. The summed E-state index contributed by atoms with van der Waals surface area (Å²) in [5.74, 6) is 0. The van der Waals surface area contributed by atoms with Crippen LogP contribution in [0, 0.1) is 20.7 Å². The zero-order valence-corrected chi connectivity index (χ0v) is 11.2. The van der Waals surface area contributed by atoms with Crippen LogP contribution in [0.1, 0.15) is 18.1 Å². The van der Waals surface area contributed by atoms with Crippen molar-refractivity contribution in [3.63, 3.8) is 0 Å². The lowest BCUT2D eigenvalue weighted by molar-refractivity contribution is 0.614. The molecule has 3 heteroatoms. The number of benzene rings is 2. The van der Waals surface area contributed by atoms with Gasteiger partial charge in [0, 0.05) is 6.93 Å². The first kappa shape index (κ1) is 10.3. The van der Waals surface area contributed by atoms with Crippen LogP contribution in [0.25, 0.3) is 11.1 Å². The van der Waals surface area contributed by atoms with Crippen molar-refractivity contribution in [3.8, 4) is 11.1 Å². The molecule has 0 amide bonds. The molecular weight excluding hydrogens is 244 g/mol. The second-order valence-corrected chi connectivity index (χ2v) is 5.30. The molecule has 0 aromatic heterocycles. The smallest absolute Gasteiger partial charge is 0.179 e. The Balaban J connectivity index is 2.77. The highest BCUT2D eigenvalue weighted by atomic mass is 32.2. The van der Waals surface area contributed by atoms with Crippen molar-refractivity contribution in [2.24, 2.45) is 0 Å². The minimum Gasteiger partial charge on any atom is -0.227 e. The van der Waals surface area contributed by atoms with Gasteiger partial charge in [0.2, 0.25) is 0 Å². The third-order valence-electron chi connectivity index (χ3n) is 2.87. The third-order valence-corrected chi connectivity index (χ3v) is 3.56. The molecule has 0 aliphatic rings. The Morgan fingerprint density at radius 2 is 1.61 bits per heavy atom. The maximum atomic E-state index is 11.7. The summed E-state index contributed by atoms with van der Waals surface area (Å²) in [6, 6.07) is 10.6. The summed E-state index contributed by atoms with van der Waals surface area (Å²) >= 11 is 0. The minimum atomic E-state index is -4.05. The van der Waals surface area contributed by atoms with Gasteiger partial charge >= 0.3 is 0 Å². The lowest BCUT2D eigenvalue weighted by atomic mass is 9.98. The molecule has 0 saturated carbocycles. The molecule has 0 atom stereocenters. The molecule has 0 heterocycles. The van der Waals surface area contributed by atoms with Gasteiger partial charge in [-0.1, -0.05) is 35.9 Å². The Bertz CT molecular complexity index is 752. The minimum absolute atomic E-state index is 0.00365.